The van der Waals surface area contributed by atoms with Gasteiger partial charge in [0.25, 0.3) is 0 Å². The minimum atomic E-state index is 0.844. The second-order valence-electron chi connectivity index (χ2n) is 4.88. The van der Waals surface area contributed by atoms with E-state index in [9.17, 15) is 0 Å². The van der Waals surface area contributed by atoms with Crippen LogP contribution in [-0.2, 0) is 6.42 Å². The van der Waals surface area contributed by atoms with Crippen LogP contribution in [0, 0.1) is 0 Å². The van der Waals surface area contributed by atoms with Crippen LogP contribution in [-0.4, -0.2) is 0 Å². The summed E-state index contributed by atoms with van der Waals surface area (Å²) in [5, 5.41) is 2.38. The number of benzene rings is 3. The molecule has 2 N–H and O–H groups in total. The fourth-order valence-electron chi connectivity index (χ4n) is 2.45. The van der Waals surface area contributed by atoms with Crippen LogP contribution in [0.5, 0.6) is 0 Å². The Morgan fingerprint density at radius 3 is 2.25 bits per heavy atom. The first-order chi connectivity index (χ1) is 9.84. The predicted molar refractivity (Wildman–Crippen MR) is 87.5 cm³/mol. The molecule has 0 radical (unpaired) electrons. The topological polar surface area (TPSA) is 26.0 Å². The fourth-order valence-corrected chi connectivity index (χ4v) is 2.45. The highest BCUT2D eigenvalue weighted by Crippen LogP contribution is 2.25. The van der Waals surface area contributed by atoms with Gasteiger partial charge in [0.1, 0.15) is 0 Å². The average molecular weight is 259 g/mol. The first kappa shape index (κ1) is 12.5. The van der Waals surface area contributed by atoms with Crippen molar-refractivity contribution >= 4 is 22.5 Å². The van der Waals surface area contributed by atoms with E-state index >= 15 is 0 Å². The Hall–Kier alpha value is -2.54. The lowest BCUT2D eigenvalue weighted by molar-refractivity contribution is 1.31. The van der Waals surface area contributed by atoms with E-state index in [-0.39, 0.29) is 0 Å². The Morgan fingerprint density at radius 2 is 1.45 bits per heavy atom. The van der Waals surface area contributed by atoms with Crippen LogP contribution in [0.2, 0.25) is 0 Å². The van der Waals surface area contributed by atoms with Gasteiger partial charge < -0.3 is 5.73 Å². The van der Waals surface area contributed by atoms with Gasteiger partial charge in [-0.25, -0.2) is 0 Å². The second kappa shape index (κ2) is 5.62. The summed E-state index contributed by atoms with van der Waals surface area (Å²) in [5.74, 6) is 0. The molecule has 20 heavy (non-hydrogen) atoms. The Kier molecular flexibility index (Phi) is 3.51. The highest BCUT2D eigenvalue weighted by Gasteiger charge is 2.01. The molecule has 0 aromatic heterocycles. The van der Waals surface area contributed by atoms with Gasteiger partial charge in [0, 0.05) is 11.1 Å². The molecule has 0 spiro atoms. The summed E-state index contributed by atoms with van der Waals surface area (Å²) >= 11 is 0. The van der Waals surface area contributed by atoms with Gasteiger partial charge in [0.05, 0.1) is 0 Å². The summed E-state index contributed by atoms with van der Waals surface area (Å²) in [6, 6.07) is 22.8. The Bertz CT molecular complexity index is 742. The molecule has 0 fully saturated rings. The molecule has 0 aliphatic heterocycles. The molecule has 0 saturated carbocycles. The lowest BCUT2D eigenvalue weighted by Gasteiger charge is -2.06. The number of nitrogen functional groups attached to an aromatic ring is 1. The summed E-state index contributed by atoms with van der Waals surface area (Å²) in [6.07, 6.45) is 5.27. The van der Waals surface area contributed by atoms with E-state index in [2.05, 4.69) is 60.7 Å². The molecular weight excluding hydrogens is 242 g/mol. The van der Waals surface area contributed by atoms with E-state index in [1.807, 2.05) is 18.2 Å². The van der Waals surface area contributed by atoms with Crippen molar-refractivity contribution < 1.29 is 0 Å². The summed E-state index contributed by atoms with van der Waals surface area (Å²) in [7, 11) is 0. The van der Waals surface area contributed by atoms with Crippen molar-refractivity contribution in [2.24, 2.45) is 0 Å². The van der Waals surface area contributed by atoms with Gasteiger partial charge in [-0.2, -0.15) is 0 Å². The van der Waals surface area contributed by atoms with E-state index < -0.39 is 0 Å². The van der Waals surface area contributed by atoms with Crippen molar-refractivity contribution in [3.8, 4) is 0 Å². The van der Waals surface area contributed by atoms with Crippen LogP contribution >= 0.6 is 0 Å². The third kappa shape index (κ3) is 2.57. The van der Waals surface area contributed by atoms with Gasteiger partial charge in [0.2, 0.25) is 0 Å². The molecule has 0 unspecified atom stereocenters. The van der Waals surface area contributed by atoms with Gasteiger partial charge >= 0.3 is 0 Å². The highest BCUT2D eigenvalue weighted by molar-refractivity contribution is 5.95. The van der Waals surface area contributed by atoms with E-state index in [0.29, 0.717) is 0 Å². The SMILES string of the molecule is Nc1ccc(C/C=C/c2ccccc2)c2ccccc12. The summed E-state index contributed by atoms with van der Waals surface area (Å²) in [6.45, 7) is 0. The monoisotopic (exact) mass is 259 g/mol. The van der Waals surface area contributed by atoms with Crippen LogP contribution in [0.4, 0.5) is 5.69 Å². The van der Waals surface area contributed by atoms with Crippen molar-refractivity contribution in [3.05, 3.63) is 83.9 Å². The molecule has 0 bridgehead atoms. The van der Waals surface area contributed by atoms with Gasteiger partial charge in [0.15, 0.2) is 0 Å². The second-order valence-corrected chi connectivity index (χ2v) is 4.88. The van der Waals surface area contributed by atoms with Crippen molar-refractivity contribution in [3.63, 3.8) is 0 Å². The molecule has 1 nitrogen and oxygen atoms in total. The fraction of sp³-hybridized carbons (Fsp3) is 0.0526. The molecule has 3 aromatic carbocycles. The minimum absolute atomic E-state index is 0.844. The maximum Gasteiger partial charge on any atom is 0.0393 e. The molecule has 1 heteroatoms. The lowest BCUT2D eigenvalue weighted by Crippen LogP contribution is -1.90. The zero-order chi connectivity index (χ0) is 13.8. The third-order valence-corrected chi connectivity index (χ3v) is 3.50. The molecule has 3 aromatic rings. The molecule has 3 rings (SSSR count). The Morgan fingerprint density at radius 1 is 0.750 bits per heavy atom. The first-order valence-corrected chi connectivity index (χ1v) is 6.82. The van der Waals surface area contributed by atoms with Crippen LogP contribution < -0.4 is 5.73 Å². The highest BCUT2D eigenvalue weighted by atomic mass is 14.5. The molecule has 98 valence electrons. The number of hydrogen-bond donors (Lipinski definition) is 1. The smallest absolute Gasteiger partial charge is 0.0393 e. The molecule has 0 saturated heterocycles. The Balaban J connectivity index is 1.89. The van der Waals surface area contributed by atoms with Crippen molar-refractivity contribution in [2.45, 2.75) is 6.42 Å². The zero-order valence-electron chi connectivity index (χ0n) is 11.3. The number of nitrogens with two attached hydrogens (primary N) is 1. The summed E-state index contributed by atoms with van der Waals surface area (Å²) in [5.41, 5.74) is 9.41. The Labute approximate surface area is 119 Å². The number of anilines is 1. The number of fused-ring (bicyclic) bond motifs is 1. The quantitative estimate of drug-likeness (QED) is 0.679. The van der Waals surface area contributed by atoms with Gasteiger partial charge in [-0.1, -0.05) is 72.8 Å². The standard InChI is InChI=1S/C19H17N/c20-19-14-13-16(17-11-4-5-12-18(17)19)10-6-9-15-7-2-1-3-8-15/h1-9,11-14H,10,20H2/b9-6+. The summed E-state index contributed by atoms with van der Waals surface area (Å²) in [4.78, 5) is 0. The predicted octanol–water partition coefficient (Wildman–Crippen LogP) is 4.68. The minimum Gasteiger partial charge on any atom is -0.398 e. The maximum atomic E-state index is 6.03. The number of allylic oxidation sites excluding steroid dienone is 1. The maximum absolute atomic E-state index is 6.03. The van der Waals surface area contributed by atoms with E-state index in [0.717, 1.165) is 17.5 Å². The van der Waals surface area contributed by atoms with Gasteiger partial charge in [-0.15, -0.1) is 0 Å². The first-order valence-electron chi connectivity index (χ1n) is 6.82. The van der Waals surface area contributed by atoms with Crippen molar-refractivity contribution in [1.29, 1.82) is 0 Å². The van der Waals surface area contributed by atoms with Crippen LogP contribution in [0.15, 0.2) is 72.8 Å². The van der Waals surface area contributed by atoms with Gasteiger partial charge in [-0.05, 0) is 29.0 Å². The molecule has 0 heterocycles. The van der Waals surface area contributed by atoms with E-state index in [4.69, 9.17) is 5.73 Å². The number of rotatable bonds is 3. The summed E-state index contributed by atoms with van der Waals surface area (Å²) < 4.78 is 0. The molecular formula is C19H17N. The number of hydrogen-bond acceptors (Lipinski definition) is 1. The average Bonchev–Trinajstić information content (AvgIpc) is 2.51. The van der Waals surface area contributed by atoms with E-state index in [1.54, 1.807) is 0 Å². The zero-order valence-corrected chi connectivity index (χ0v) is 11.3. The molecule has 0 aliphatic rings. The molecule has 0 amide bonds. The van der Waals surface area contributed by atoms with Crippen molar-refractivity contribution in [2.75, 3.05) is 5.73 Å². The normalized spacial score (nSPS) is 11.2. The van der Waals surface area contributed by atoms with Crippen molar-refractivity contribution in [1.82, 2.24) is 0 Å². The van der Waals surface area contributed by atoms with Crippen LogP contribution in [0.3, 0.4) is 0 Å². The third-order valence-electron chi connectivity index (χ3n) is 3.50. The largest absolute Gasteiger partial charge is 0.398 e. The lowest BCUT2D eigenvalue weighted by atomic mass is 10.0. The van der Waals surface area contributed by atoms with Crippen LogP contribution in [0.25, 0.3) is 16.8 Å². The van der Waals surface area contributed by atoms with Gasteiger partial charge in [-0.3, -0.25) is 0 Å². The molecule has 0 atom stereocenters. The van der Waals surface area contributed by atoms with Crippen LogP contribution in [0.1, 0.15) is 11.1 Å². The van der Waals surface area contributed by atoms with E-state index in [1.165, 1.54) is 16.5 Å². The molecule has 0 aliphatic carbocycles.